The first-order valence-electron chi connectivity index (χ1n) is 15.0. The molecule has 1 saturated heterocycles. The predicted molar refractivity (Wildman–Crippen MR) is 174 cm³/mol. The minimum absolute atomic E-state index is 0.0306. The summed E-state index contributed by atoms with van der Waals surface area (Å²) in [5, 5.41) is 23.8. The second-order valence-corrected chi connectivity index (χ2v) is 13.4. The summed E-state index contributed by atoms with van der Waals surface area (Å²) in [5.41, 5.74) is 18.5. The van der Waals surface area contributed by atoms with Crippen LogP contribution in [0.5, 0.6) is 5.75 Å². The molecule has 0 spiro atoms. The van der Waals surface area contributed by atoms with Crippen LogP contribution in [0.15, 0.2) is 28.7 Å². The number of benzene rings is 1. The largest absolute Gasteiger partial charge is 0.489 e. The van der Waals surface area contributed by atoms with Gasteiger partial charge >= 0.3 is 16.3 Å². The molecule has 3 heterocycles. The van der Waals surface area contributed by atoms with E-state index >= 15 is 0 Å². The Morgan fingerprint density at radius 3 is 2.44 bits per heavy atom. The molecule has 2 aromatic rings. The smallest absolute Gasteiger partial charge is 0.362 e. The second-order valence-electron chi connectivity index (χ2n) is 11.2. The number of amides is 1. The molecule has 4 rings (SSSR count). The van der Waals surface area contributed by atoms with E-state index in [0.29, 0.717) is 51.0 Å². The van der Waals surface area contributed by atoms with Crippen LogP contribution in [0.1, 0.15) is 43.0 Å². The molecule has 2 aliphatic rings. The molecule has 2 aliphatic heterocycles. The van der Waals surface area contributed by atoms with Crippen LogP contribution in [0.3, 0.4) is 0 Å². The Kier molecular flexibility index (Phi) is 11.9. The lowest BCUT2D eigenvalue weighted by Crippen LogP contribution is -2.62. The summed E-state index contributed by atoms with van der Waals surface area (Å²) < 4.78 is 38.1. The van der Waals surface area contributed by atoms with Gasteiger partial charge in [0, 0.05) is 38.0 Å². The fraction of sp³-hybridized carbons (Fsp3) is 0.500. The number of β-lactam (4-membered cyclic amide) rings is 1. The Labute approximate surface area is 280 Å². The number of Topliss-reactive ketones (excluding diaryl/α,β-unsaturated/α-hetero) is 1. The first-order valence-corrected chi connectivity index (χ1v) is 17.3. The van der Waals surface area contributed by atoms with Crippen LogP contribution in [0.4, 0.5) is 5.13 Å². The van der Waals surface area contributed by atoms with Crippen molar-refractivity contribution in [3.8, 4) is 5.75 Å². The Morgan fingerprint density at radius 2 is 1.88 bits per heavy atom. The zero-order chi connectivity index (χ0) is 35.2. The third-order valence-electron chi connectivity index (χ3n) is 7.88. The van der Waals surface area contributed by atoms with Gasteiger partial charge in [-0.15, -0.1) is 11.3 Å². The molecule has 1 fully saturated rings. The van der Waals surface area contributed by atoms with Gasteiger partial charge in [-0.1, -0.05) is 11.2 Å². The Hall–Kier alpha value is -4.37. The minimum Gasteiger partial charge on any atom is -0.489 e. The molecule has 3 atom stereocenters. The molecule has 1 amide bonds. The van der Waals surface area contributed by atoms with Crippen LogP contribution in [0.2, 0.25) is 0 Å². The van der Waals surface area contributed by atoms with E-state index in [1.54, 1.807) is 12.1 Å². The van der Waals surface area contributed by atoms with Crippen LogP contribution < -0.4 is 21.9 Å². The Balaban J connectivity index is 1.42. The van der Waals surface area contributed by atoms with Gasteiger partial charge in [-0.25, -0.2) is 14.1 Å². The number of nitrogens with one attached hydrogen (secondary N) is 1. The number of hydrogen-bond donors (Lipinski definition) is 6. The van der Waals surface area contributed by atoms with E-state index in [-0.39, 0.29) is 15.1 Å². The van der Waals surface area contributed by atoms with Crippen molar-refractivity contribution in [3.05, 3.63) is 40.4 Å². The van der Waals surface area contributed by atoms with Crippen LogP contribution in [-0.4, -0.2) is 111 Å². The fourth-order valence-electron chi connectivity index (χ4n) is 5.30. The van der Waals surface area contributed by atoms with Crippen molar-refractivity contribution in [2.45, 2.75) is 51.4 Å². The van der Waals surface area contributed by atoms with E-state index in [1.165, 1.54) is 12.3 Å². The summed E-state index contributed by atoms with van der Waals surface area (Å²) >= 11 is 0.981. The summed E-state index contributed by atoms with van der Waals surface area (Å²) in [4.78, 5) is 50.7. The average Bonchev–Trinajstić information content (AvgIpc) is 3.66. The molecule has 0 bridgehead atoms. The molecule has 1 aromatic carbocycles. The highest BCUT2D eigenvalue weighted by molar-refractivity contribution is 7.84. The van der Waals surface area contributed by atoms with Crippen LogP contribution in [0, 0.1) is 11.3 Å². The van der Waals surface area contributed by atoms with Crippen molar-refractivity contribution in [1.29, 1.82) is 5.41 Å². The van der Waals surface area contributed by atoms with Gasteiger partial charge in [0.1, 0.15) is 18.1 Å². The summed E-state index contributed by atoms with van der Waals surface area (Å²) in [6.07, 6.45) is -0.697. The minimum atomic E-state index is -4.79. The summed E-state index contributed by atoms with van der Waals surface area (Å²) in [6, 6.07) is 4.27. The lowest BCUT2D eigenvalue weighted by molar-refractivity contribution is -0.152. The average molecular weight is 710 g/mol. The summed E-state index contributed by atoms with van der Waals surface area (Å²) in [5.74, 6) is -3.56. The number of rotatable bonds is 17. The number of anilines is 1. The summed E-state index contributed by atoms with van der Waals surface area (Å²) in [7, 11) is -4.79. The standard InChI is InChI=1S/C28H39N9O9S2/c1-16-20(25(39)37(16)48(42,43)44)11-22(38)24(21-15-47-27(31)33-21)34-46-23(26(40)41)14-45-19-5-4-17-12-36(13-18(17)10-19)28(32)35(8-2-6-29)9-3-7-30/h4-5,10,15-16,20,23,32H,2-3,6-9,11-14,29-30H2,1H3,(H2,31,33)(H,40,41)(H,42,43,44)/b32-28?,34-24-. The number of carbonyl (C=O) groups excluding carboxylic acids is 2. The van der Waals surface area contributed by atoms with E-state index in [0.717, 1.165) is 35.3 Å². The topological polar surface area (TPSA) is 281 Å². The number of carboxylic acid groups (broad SMARTS) is 1. The number of aliphatic carboxylic acids is 1. The Morgan fingerprint density at radius 1 is 1.21 bits per heavy atom. The molecule has 9 N–H and O–H groups in total. The zero-order valence-corrected chi connectivity index (χ0v) is 27.8. The second kappa shape index (κ2) is 15.7. The van der Waals surface area contributed by atoms with E-state index in [9.17, 15) is 32.5 Å². The number of aromatic nitrogens is 1. The number of oxime groups is 1. The first kappa shape index (κ1) is 36.5. The number of nitrogens with zero attached hydrogens (tertiary/aromatic N) is 5. The van der Waals surface area contributed by atoms with Gasteiger partial charge in [0.25, 0.3) is 6.10 Å². The molecule has 18 nitrogen and oxygen atoms in total. The molecule has 0 radical (unpaired) electrons. The zero-order valence-electron chi connectivity index (χ0n) is 26.1. The van der Waals surface area contributed by atoms with Gasteiger partial charge < -0.3 is 41.7 Å². The lowest BCUT2D eigenvalue weighted by Gasteiger charge is -2.41. The number of carboxylic acids is 1. The van der Waals surface area contributed by atoms with Gasteiger partial charge in [-0.05, 0) is 56.1 Å². The van der Waals surface area contributed by atoms with Crippen molar-refractivity contribution < 1.29 is 42.0 Å². The molecule has 3 unspecified atom stereocenters. The summed E-state index contributed by atoms with van der Waals surface area (Å²) in [6.45, 7) is 4.12. The van der Waals surface area contributed by atoms with E-state index in [1.807, 2.05) is 15.9 Å². The van der Waals surface area contributed by atoms with Crippen LogP contribution >= 0.6 is 11.3 Å². The number of carbonyl (C=O) groups is 3. The molecule has 262 valence electrons. The van der Waals surface area contributed by atoms with E-state index < -0.39 is 64.8 Å². The first-order chi connectivity index (χ1) is 22.7. The molecular formula is C28H39N9O9S2. The lowest BCUT2D eigenvalue weighted by atomic mass is 9.86. The van der Waals surface area contributed by atoms with Gasteiger partial charge in [-0.3, -0.25) is 19.6 Å². The highest BCUT2D eigenvalue weighted by Gasteiger charge is 2.51. The number of ether oxygens (including phenoxy) is 1. The normalized spacial score (nSPS) is 18.2. The maximum Gasteiger partial charge on any atom is 0.362 e. The molecule has 0 aliphatic carbocycles. The van der Waals surface area contributed by atoms with Crippen molar-refractivity contribution >= 4 is 56.1 Å². The van der Waals surface area contributed by atoms with Gasteiger partial charge in [0.2, 0.25) is 5.91 Å². The quantitative estimate of drug-likeness (QED) is 0.0409. The molecule has 20 heteroatoms. The highest BCUT2D eigenvalue weighted by atomic mass is 32.2. The number of nitrogens with two attached hydrogens (primary N) is 3. The van der Waals surface area contributed by atoms with Crippen molar-refractivity contribution in [1.82, 2.24) is 19.1 Å². The van der Waals surface area contributed by atoms with Crippen molar-refractivity contribution in [2.75, 3.05) is 38.5 Å². The predicted octanol–water partition coefficient (Wildman–Crippen LogP) is -0.163. The van der Waals surface area contributed by atoms with Gasteiger partial charge in [0.15, 0.2) is 22.6 Å². The van der Waals surface area contributed by atoms with Crippen molar-refractivity contribution in [2.24, 2.45) is 22.5 Å². The number of fused-ring (bicyclic) bond motifs is 1. The number of hydrogen-bond acceptors (Lipinski definition) is 14. The highest BCUT2D eigenvalue weighted by Crippen LogP contribution is 2.32. The SMILES string of the molecule is CC1C(CC(=O)/C(=N\OC(COc2ccc3c(c2)CN(C(=N)N(CCCN)CCCN)C3)C(=O)O)c2csc(N)n2)C(=O)N1S(=O)(=O)O. The van der Waals surface area contributed by atoms with E-state index in [4.69, 9.17) is 32.2 Å². The molecular weight excluding hydrogens is 670 g/mol. The van der Waals surface area contributed by atoms with Crippen LogP contribution in [-0.2, 0) is 42.6 Å². The molecule has 48 heavy (non-hydrogen) atoms. The monoisotopic (exact) mass is 709 g/mol. The van der Waals surface area contributed by atoms with Crippen molar-refractivity contribution in [3.63, 3.8) is 0 Å². The van der Waals surface area contributed by atoms with Crippen LogP contribution in [0.25, 0.3) is 0 Å². The fourth-order valence-corrected chi connectivity index (χ4v) is 6.78. The van der Waals surface area contributed by atoms with Gasteiger partial charge in [-0.2, -0.15) is 8.42 Å². The third kappa shape index (κ3) is 8.55. The molecule has 1 aromatic heterocycles. The maximum absolute atomic E-state index is 13.2. The number of thiazole rings is 1. The van der Waals surface area contributed by atoms with Gasteiger partial charge in [0.05, 0.1) is 12.0 Å². The number of nitrogen functional groups attached to an aromatic ring is 1. The number of ketones is 1. The van der Waals surface area contributed by atoms with E-state index in [2.05, 4.69) is 10.1 Å². The third-order valence-corrected chi connectivity index (χ3v) is 9.56. The molecule has 0 saturated carbocycles. The number of guanidine groups is 1. The maximum atomic E-state index is 13.2. The Bertz CT molecular complexity index is 1660.